The van der Waals surface area contributed by atoms with E-state index in [2.05, 4.69) is 15.0 Å². The number of methoxy groups -OCH3 is 2. The van der Waals surface area contributed by atoms with Gasteiger partial charge in [0.1, 0.15) is 6.04 Å². The van der Waals surface area contributed by atoms with Crippen molar-refractivity contribution in [3.8, 4) is 5.75 Å². The van der Waals surface area contributed by atoms with Crippen molar-refractivity contribution < 1.29 is 48.8 Å². The van der Waals surface area contributed by atoms with Crippen molar-refractivity contribution in [3.63, 3.8) is 0 Å². The molecule has 0 unspecified atom stereocenters. The van der Waals surface area contributed by atoms with Crippen LogP contribution in [0.5, 0.6) is 5.75 Å². The van der Waals surface area contributed by atoms with E-state index >= 15 is 0 Å². The number of carbonyl (C=O) groups excluding carboxylic acids is 1. The molecule has 1 saturated heterocycles. The summed E-state index contributed by atoms with van der Waals surface area (Å²) in [6, 6.07) is 1.44. The van der Waals surface area contributed by atoms with Gasteiger partial charge in [-0.15, -0.1) is 0 Å². The summed E-state index contributed by atoms with van der Waals surface area (Å²) in [4.78, 5) is 17.3. The zero-order valence-electron chi connectivity index (χ0n) is 20.2. The van der Waals surface area contributed by atoms with Gasteiger partial charge in [-0.25, -0.2) is 22.9 Å². The first-order chi connectivity index (χ1) is 16.9. The summed E-state index contributed by atoms with van der Waals surface area (Å²) in [6.07, 6.45) is -5.15. The Kier molecular flexibility index (Phi) is 5.66. The van der Waals surface area contributed by atoms with Gasteiger partial charge in [0.15, 0.2) is 22.2 Å². The molecular weight excluding hydrogens is 491 g/mol. The number of anilines is 2. The van der Waals surface area contributed by atoms with E-state index in [1.54, 1.807) is 0 Å². The number of hydrogen-bond donors (Lipinski definition) is 2. The second kappa shape index (κ2) is 8.96. The van der Waals surface area contributed by atoms with Crippen LogP contribution in [0.2, 0.25) is 0 Å². The van der Waals surface area contributed by atoms with Gasteiger partial charge in [0.2, 0.25) is 11.7 Å². The van der Waals surface area contributed by atoms with E-state index < -0.39 is 81.9 Å². The Morgan fingerprint density at radius 1 is 1.35 bits per heavy atom. The molecule has 1 fully saturated rings. The number of rotatable bonds is 6. The second-order valence-electron chi connectivity index (χ2n) is 7.27. The SMILES string of the molecule is [2H]C([2H])([2H])Oc1c(N2C[C@@](OC)(C(F)(F)F)C[C@H]2C(=O)Nc2ccnc(S(N)(=O)=O)c2)ccc(F)c1F. The fraction of sp³-hybridized carbons (Fsp3) is 0.368. The van der Waals surface area contributed by atoms with Gasteiger partial charge in [-0.1, -0.05) is 0 Å². The van der Waals surface area contributed by atoms with E-state index in [-0.39, 0.29) is 5.69 Å². The molecule has 1 aromatic heterocycles. The highest BCUT2D eigenvalue weighted by molar-refractivity contribution is 7.89. The van der Waals surface area contributed by atoms with E-state index in [1.807, 2.05) is 0 Å². The van der Waals surface area contributed by atoms with Crippen molar-refractivity contribution >= 4 is 27.3 Å². The molecule has 2 heterocycles. The number of ether oxygens (including phenoxy) is 2. The fourth-order valence-corrected chi connectivity index (χ4v) is 4.04. The molecule has 1 aromatic carbocycles. The van der Waals surface area contributed by atoms with Gasteiger partial charge in [-0.3, -0.25) is 4.79 Å². The molecule has 34 heavy (non-hydrogen) atoms. The number of alkyl halides is 3. The van der Waals surface area contributed by atoms with Crippen LogP contribution >= 0.6 is 0 Å². The van der Waals surface area contributed by atoms with Crippen molar-refractivity contribution in [3.05, 3.63) is 42.1 Å². The van der Waals surface area contributed by atoms with E-state index in [0.717, 1.165) is 31.5 Å². The monoisotopic (exact) mass is 513 g/mol. The number of hydrogen-bond acceptors (Lipinski definition) is 7. The lowest BCUT2D eigenvalue weighted by Crippen LogP contribution is -2.49. The molecule has 1 amide bonds. The summed E-state index contributed by atoms with van der Waals surface area (Å²) in [6.45, 7) is -1.13. The number of amides is 1. The lowest BCUT2D eigenvalue weighted by molar-refractivity contribution is -0.261. The molecule has 2 atom stereocenters. The lowest BCUT2D eigenvalue weighted by atomic mass is 9.99. The number of pyridine rings is 1. The van der Waals surface area contributed by atoms with Crippen molar-refractivity contribution in [2.45, 2.75) is 29.3 Å². The zero-order chi connectivity index (χ0) is 28.0. The molecule has 0 saturated carbocycles. The third kappa shape index (κ3) is 4.63. The molecule has 0 aliphatic carbocycles. The predicted molar refractivity (Wildman–Crippen MR) is 109 cm³/mol. The van der Waals surface area contributed by atoms with Crippen LogP contribution in [0.1, 0.15) is 10.5 Å². The van der Waals surface area contributed by atoms with Gasteiger partial charge in [0.05, 0.1) is 23.4 Å². The minimum atomic E-state index is -5.06. The molecule has 0 spiro atoms. The molecule has 186 valence electrons. The van der Waals surface area contributed by atoms with E-state index in [4.69, 9.17) is 14.0 Å². The van der Waals surface area contributed by atoms with Crippen molar-refractivity contribution in [2.24, 2.45) is 5.14 Å². The number of halogens is 5. The Balaban J connectivity index is 2.11. The highest BCUT2D eigenvalue weighted by atomic mass is 32.2. The maximum absolute atomic E-state index is 14.6. The fourth-order valence-electron chi connectivity index (χ4n) is 3.54. The van der Waals surface area contributed by atoms with Crippen molar-refractivity contribution in [1.29, 1.82) is 0 Å². The van der Waals surface area contributed by atoms with Gasteiger partial charge < -0.3 is 19.7 Å². The molecule has 3 N–H and O–H groups in total. The first kappa shape index (κ1) is 21.5. The molecule has 3 rings (SSSR count). The quantitative estimate of drug-likeness (QED) is 0.568. The number of sulfonamides is 1. The summed E-state index contributed by atoms with van der Waals surface area (Å²) in [5.41, 5.74) is -3.87. The van der Waals surface area contributed by atoms with Crippen LogP contribution in [-0.4, -0.2) is 57.8 Å². The van der Waals surface area contributed by atoms with Gasteiger partial charge >= 0.3 is 6.18 Å². The van der Waals surface area contributed by atoms with Crippen molar-refractivity contribution in [1.82, 2.24) is 4.98 Å². The normalized spacial score (nSPS) is 22.6. The van der Waals surface area contributed by atoms with Crippen LogP contribution in [0, 0.1) is 11.6 Å². The second-order valence-corrected chi connectivity index (χ2v) is 8.78. The largest absolute Gasteiger partial charge is 0.491 e. The summed E-state index contributed by atoms with van der Waals surface area (Å²) in [7, 11) is -6.89. The highest BCUT2D eigenvalue weighted by Crippen LogP contribution is 2.47. The number of nitrogens with two attached hydrogens (primary N) is 1. The molecule has 1 aliphatic rings. The van der Waals surface area contributed by atoms with E-state index in [0.29, 0.717) is 11.0 Å². The number of primary sulfonamides is 1. The van der Waals surface area contributed by atoms with E-state index in [1.165, 1.54) is 0 Å². The van der Waals surface area contributed by atoms with Crippen LogP contribution in [-0.2, 0) is 19.6 Å². The molecule has 9 nitrogen and oxygen atoms in total. The van der Waals surface area contributed by atoms with Crippen LogP contribution < -0.4 is 20.1 Å². The molecule has 0 radical (unpaired) electrons. The van der Waals surface area contributed by atoms with Gasteiger partial charge in [-0.2, -0.15) is 17.6 Å². The summed E-state index contributed by atoms with van der Waals surface area (Å²) in [5, 5.41) is 6.56. The Morgan fingerprint density at radius 3 is 2.65 bits per heavy atom. The van der Waals surface area contributed by atoms with Crippen LogP contribution in [0.3, 0.4) is 0 Å². The predicted octanol–water partition coefficient (Wildman–Crippen LogP) is 2.18. The minimum absolute atomic E-state index is 0.213. The van der Waals surface area contributed by atoms with Crippen LogP contribution in [0.4, 0.5) is 33.3 Å². The number of benzene rings is 1. The van der Waals surface area contributed by atoms with Crippen molar-refractivity contribution in [2.75, 3.05) is 30.9 Å². The smallest absolute Gasteiger partial charge is 0.419 e. The number of nitrogens with one attached hydrogen (secondary N) is 1. The highest BCUT2D eigenvalue weighted by Gasteiger charge is 2.63. The summed E-state index contributed by atoms with van der Waals surface area (Å²) < 4.78 is 125. The van der Waals surface area contributed by atoms with Crippen LogP contribution in [0.15, 0.2) is 35.5 Å². The van der Waals surface area contributed by atoms with E-state index in [9.17, 15) is 35.2 Å². The third-order valence-corrected chi connectivity index (χ3v) is 6.08. The first-order valence-electron chi connectivity index (χ1n) is 10.7. The topological polar surface area (TPSA) is 124 Å². The number of aromatic nitrogens is 1. The molecule has 2 aromatic rings. The van der Waals surface area contributed by atoms with Gasteiger partial charge in [0, 0.05) is 31.5 Å². The average molecular weight is 513 g/mol. The molecular formula is C19H19F5N4O5S. The lowest BCUT2D eigenvalue weighted by Gasteiger charge is -2.31. The van der Waals surface area contributed by atoms with Crippen LogP contribution in [0.25, 0.3) is 0 Å². The minimum Gasteiger partial charge on any atom is -0.491 e. The van der Waals surface area contributed by atoms with Gasteiger partial charge in [-0.05, 0) is 18.2 Å². The standard InChI is InChI=1S/C19H19F5N4O5S/c1-32-16-12(4-3-11(20)15(16)21)28-9-18(33-2,19(22,23)24)8-13(28)17(29)27-10-5-6-26-14(7-10)34(25,30)31/h3-7,13H,8-9H2,1-2H3,(H2,25,30,31)(H,26,27,29)/t13-,18+/m0/s1/i1D3. The molecule has 1 aliphatic heterocycles. The Morgan fingerprint density at radius 2 is 2.06 bits per heavy atom. The number of carbonyl (C=O) groups is 1. The molecule has 15 heteroatoms. The maximum Gasteiger partial charge on any atom is 0.419 e. The Bertz CT molecular complexity index is 1310. The van der Waals surface area contributed by atoms with Gasteiger partial charge in [0.25, 0.3) is 10.0 Å². The molecule has 0 bridgehead atoms. The zero-order valence-corrected chi connectivity index (χ0v) is 18.0. The Hall–Kier alpha value is -3.04. The summed E-state index contributed by atoms with van der Waals surface area (Å²) in [5.74, 6) is -5.75. The maximum atomic E-state index is 14.6. The third-order valence-electron chi connectivity index (χ3n) is 5.27. The first-order valence-corrected chi connectivity index (χ1v) is 10.8. The number of nitrogens with zero attached hydrogens (tertiary/aromatic N) is 2. The Labute approximate surface area is 194 Å². The summed E-state index contributed by atoms with van der Waals surface area (Å²) >= 11 is 0. The average Bonchev–Trinajstić information content (AvgIpc) is 3.17.